The summed E-state index contributed by atoms with van der Waals surface area (Å²) in [6.07, 6.45) is 1.92. The number of esters is 1. The van der Waals surface area contributed by atoms with Gasteiger partial charge in [0.1, 0.15) is 5.75 Å². The van der Waals surface area contributed by atoms with Gasteiger partial charge < -0.3 is 9.84 Å². The summed E-state index contributed by atoms with van der Waals surface area (Å²) in [5.74, 6) is 0.320. The van der Waals surface area contributed by atoms with Crippen molar-refractivity contribution in [3.05, 3.63) is 28.8 Å². The first kappa shape index (κ1) is 21.7. The van der Waals surface area contributed by atoms with Crippen molar-refractivity contribution in [2.75, 3.05) is 19.7 Å². The highest BCUT2D eigenvalue weighted by Crippen LogP contribution is 2.40. The Morgan fingerprint density at radius 2 is 1.70 bits per heavy atom. The molecule has 0 bridgehead atoms. The van der Waals surface area contributed by atoms with E-state index < -0.39 is 0 Å². The van der Waals surface area contributed by atoms with Crippen LogP contribution in [0, 0.1) is 5.92 Å². The van der Waals surface area contributed by atoms with Crippen LogP contribution in [-0.2, 0) is 26.9 Å². The van der Waals surface area contributed by atoms with E-state index in [1.54, 1.807) is 0 Å². The van der Waals surface area contributed by atoms with Crippen LogP contribution in [-0.4, -0.2) is 35.7 Å². The molecule has 2 rings (SSSR count). The van der Waals surface area contributed by atoms with Crippen LogP contribution in [0.5, 0.6) is 5.75 Å². The van der Waals surface area contributed by atoms with Crippen LogP contribution in [0.2, 0.25) is 0 Å². The smallest absolute Gasteiger partial charge is 0.310 e. The van der Waals surface area contributed by atoms with Crippen molar-refractivity contribution >= 4 is 5.97 Å². The molecule has 1 atom stereocenters. The molecular weight excluding hydrogens is 338 g/mol. The summed E-state index contributed by atoms with van der Waals surface area (Å²) in [6, 6.07) is 4.27. The number of hydrogen-bond donors (Lipinski definition) is 1. The molecule has 1 aromatic rings. The topological polar surface area (TPSA) is 49.8 Å². The van der Waals surface area contributed by atoms with Crippen molar-refractivity contribution in [1.29, 1.82) is 0 Å². The molecule has 0 unspecified atom stereocenters. The van der Waals surface area contributed by atoms with Crippen LogP contribution in [0.3, 0.4) is 0 Å². The highest BCUT2D eigenvalue weighted by molar-refractivity contribution is 5.72. The fourth-order valence-electron chi connectivity index (χ4n) is 3.84. The minimum atomic E-state index is -0.130. The van der Waals surface area contributed by atoms with E-state index in [9.17, 15) is 9.90 Å². The first-order valence-corrected chi connectivity index (χ1v) is 10.2. The molecule has 0 saturated carbocycles. The number of carbonyl (C=O) groups is 1. The van der Waals surface area contributed by atoms with E-state index in [0.29, 0.717) is 12.4 Å². The molecular formula is C23H37NO3. The van der Waals surface area contributed by atoms with Crippen LogP contribution in [0.15, 0.2) is 12.1 Å². The molecule has 0 aliphatic carbocycles. The second-order valence-electron chi connectivity index (χ2n) is 9.87. The minimum Gasteiger partial charge on any atom is -0.507 e. The molecule has 1 aliphatic heterocycles. The highest BCUT2D eigenvalue weighted by Gasteiger charge is 2.29. The van der Waals surface area contributed by atoms with Crippen molar-refractivity contribution in [1.82, 2.24) is 4.90 Å². The monoisotopic (exact) mass is 375 g/mol. The molecule has 0 radical (unpaired) electrons. The molecule has 4 nitrogen and oxygen atoms in total. The Kier molecular flexibility index (Phi) is 6.62. The van der Waals surface area contributed by atoms with E-state index in [-0.39, 0.29) is 22.7 Å². The zero-order chi connectivity index (χ0) is 20.4. The number of phenols is 1. The van der Waals surface area contributed by atoms with Gasteiger partial charge in [-0.15, -0.1) is 0 Å². The van der Waals surface area contributed by atoms with Gasteiger partial charge in [0.2, 0.25) is 0 Å². The van der Waals surface area contributed by atoms with E-state index in [2.05, 4.69) is 58.6 Å². The quantitative estimate of drug-likeness (QED) is 0.771. The first-order chi connectivity index (χ1) is 12.4. The predicted octanol–water partition coefficient (Wildman–Crippen LogP) is 4.76. The lowest BCUT2D eigenvalue weighted by Crippen LogP contribution is -2.39. The lowest BCUT2D eigenvalue weighted by atomic mass is 9.78. The van der Waals surface area contributed by atoms with Crippen molar-refractivity contribution in [3.63, 3.8) is 0 Å². The molecule has 1 N–H and O–H groups in total. The molecule has 0 aromatic heterocycles. The molecule has 0 amide bonds. The normalized spacial score (nSPS) is 19.1. The number of rotatable bonds is 4. The van der Waals surface area contributed by atoms with Crippen LogP contribution < -0.4 is 0 Å². The standard InChI is InChI=1S/C23H37NO3/c1-8-27-21(26)17-10-9-11-24(15-17)14-16-12-18(22(2,3)4)20(25)19(13-16)23(5,6)7/h12-13,17,25H,8-11,14-15H2,1-7H3/t17-/m0/s1. The molecule has 4 heteroatoms. The van der Waals surface area contributed by atoms with Crippen molar-refractivity contribution in [2.45, 2.75) is 78.7 Å². The summed E-state index contributed by atoms with van der Waals surface area (Å²) in [4.78, 5) is 14.5. The Morgan fingerprint density at radius 1 is 1.15 bits per heavy atom. The van der Waals surface area contributed by atoms with Gasteiger partial charge in [-0.1, -0.05) is 53.7 Å². The Morgan fingerprint density at radius 3 is 2.19 bits per heavy atom. The number of ether oxygens (including phenoxy) is 1. The van der Waals surface area contributed by atoms with E-state index in [4.69, 9.17) is 4.74 Å². The summed E-state index contributed by atoms with van der Waals surface area (Å²) in [6.45, 7) is 17.6. The van der Waals surface area contributed by atoms with Gasteiger partial charge in [0, 0.05) is 13.1 Å². The molecule has 152 valence electrons. The summed E-state index contributed by atoms with van der Waals surface area (Å²) in [5.41, 5.74) is 2.92. The third-order valence-corrected chi connectivity index (χ3v) is 5.32. The van der Waals surface area contributed by atoms with E-state index >= 15 is 0 Å². The second kappa shape index (κ2) is 8.22. The van der Waals surface area contributed by atoms with Gasteiger partial charge in [0.15, 0.2) is 0 Å². The molecule has 1 aliphatic rings. The SMILES string of the molecule is CCOC(=O)[C@H]1CCCN(Cc2cc(C(C)(C)C)c(O)c(C(C)(C)C)c2)C1. The Balaban J connectivity index is 2.29. The van der Waals surface area contributed by atoms with Crippen LogP contribution in [0.4, 0.5) is 0 Å². The van der Waals surface area contributed by atoms with Gasteiger partial charge in [0.25, 0.3) is 0 Å². The number of hydrogen-bond acceptors (Lipinski definition) is 4. The molecule has 27 heavy (non-hydrogen) atoms. The highest BCUT2D eigenvalue weighted by atomic mass is 16.5. The summed E-state index contributed by atoms with van der Waals surface area (Å²) >= 11 is 0. The minimum absolute atomic E-state index is 0.0278. The molecule has 1 fully saturated rings. The van der Waals surface area contributed by atoms with Gasteiger partial charge in [-0.2, -0.15) is 0 Å². The second-order valence-corrected chi connectivity index (χ2v) is 9.87. The first-order valence-electron chi connectivity index (χ1n) is 10.2. The van der Waals surface area contributed by atoms with Crippen LogP contribution in [0.25, 0.3) is 0 Å². The third kappa shape index (κ3) is 5.47. The maximum absolute atomic E-state index is 12.1. The van der Waals surface area contributed by atoms with Gasteiger partial charge in [-0.3, -0.25) is 9.69 Å². The van der Waals surface area contributed by atoms with Gasteiger partial charge in [-0.25, -0.2) is 0 Å². The summed E-state index contributed by atoms with van der Waals surface area (Å²) in [5, 5.41) is 10.9. The number of benzene rings is 1. The summed E-state index contributed by atoms with van der Waals surface area (Å²) < 4.78 is 5.22. The lowest BCUT2D eigenvalue weighted by Gasteiger charge is -2.33. The number of likely N-dealkylation sites (tertiary alicyclic amines) is 1. The maximum Gasteiger partial charge on any atom is 0.310 e. The Labute approximate surface area is 164 Å². The molecule has 0 spiro atoms. The molecule has 1 heterocycles. The molecule has 1 saturated heterocycles. The number of carbonyl (C=O) groups excluding carboxylic acids is 1. The van der Waals surface area contributed by atoms with Crippen LogP contribution in [0.1, 0.15) is 78.0 Å². The maximum atomic E-state index is 12.1. The van der Waals surface area contributed by atoms with Gasteiger partial charge in [-0.05, 0) is 53.8 Å². The van der Waals surface area contributed by atoms with Crippen molar-refractivity contribution in [2.24, 2.45) is 5.92 Å². The average molecular weight is 376 g/mol. The zero-order valence-corrected chi connectivity index (χ0v) is 18.2. The largest absolute Gasteiger partial charge is 0.507 e. The average Bonchev–Trinajstić information content (AvgIpc) is 2.54. The number of aromatic hydroxyl groups is 1. The predicted molar refractivity (Wildman–Crippen MR) is 110 cm³/mol. The Hall–Kier alpha value is -1.55. The summed E-state index contributed by atoms with van der Waals surface area (Å²) in [7, 11) is 0. The van der Waals surface area contributed by atoms with Crippen molar-refractivity contribution in [3.8, 4) is 5.75 Å². The zero-order valence-electron chi connectivity index (χ0n) is 18.2. The third-order valence-electron chi connectivity index (χ3n) is 5.32. The molecule has 1 aromatic carbocycles. The fraction of sp³-hybridized carbons (Fsp3) is 0.696. The van der Waals surface area contributed by atoms with Crippen LogP contribution >= 0.6 is 0 Å². The van der Waals surface area contributed by atoms with Gasteiger partial charge >= 0.3 is 5.97 Å². The van der Waals surface area contributed by atoms with E-state index in [1.165, 1.54) is 5.56 Å². The fourth-order valence-corrected chi connectivity index (χ4v) is 3.84. The lowest BCUT2D eigenvalue weighted by molar-refractivity contribution is -0.150. The van der Waals surface area contributed by atoms with Gasteiger partial charge in [0.05, 0.1) is 12.5 Å². The number of piperidine rings is 1. The van der Waals surface area contributed by atoms with E-state index in [1.807, 2.05) is 6.92 Å². The number of nitrogens with zero attached hydrogens (tertiary/aromatic N) is 1. The van der Waals surface area contributed by atoms with E-state index in [0.717, 1.165) is 43.6 Å². The Bertz CT molecular complexity index is 632. The van der Waals surface area contributed by atoms with Crippen molar-refractivity contribution < 1.29 is 14.6 Å². The number of phenolic OH excluding ortho intramolecular Hbond substituents is 1.